The fourth-order valence-corrected chi connectivity index (χ4v) is 0.936. The molecule has 1 amide bonds. The molecule has 0 unspecified atom stereocenters. The number of amides is 1. The van der Waals surface area contributed by atoms with Crippen LogP contribution >= 0.6 is 0 Å². The van der Waals surface area contributed by atoms with Crippen LogP contribution in [0.25, 0.3) is 0 Å². The molecule has 0 aromatic rings. The number of alkyl carbamates (subject to hydrolysis) is 1. The van der Waals surface area contributed by atoms with Crippen LogP contribution in [0.2, 0.25) is 0 Å². The molecule has 0 atom stereocenters. The van der Waals surface area contributed by atoms with Crippen molar-refractivity contribution >= 4 is 12.1 Å². The summed E-state index contributed by atoms with van der Waals surface area (Å²) in [6.07, 6.45) is 2.54. The van der Waals surface area contributed by atoms with Gasteiger partial charge in [0.15, 0.2) is 0 Å². The minimum Gasteiger partial charge on any atom is -0.469 e. The standard InChI is InChI=1S/C9H17NO4/c1-13-8(11)6-4-3-5-7-10-9(12)14-2/h3-7H2,1-2H3,(H,10,12). The number of hydrogen-bond donors (Lipinski definition) is 1. The van der Waals surface area contributed by atoms with Gasteiger partial charge in [-0.2, -0.15) is 0 Å². The third kappa shape index (κ3) is 7.39. The van der Waals surface area contributed by atoms with E-state index in [2.05, 4.69) is 14.8 Å². The number of esters is 1. The van der Waals surface area contributed by atoms with Gasteiger partial charge in [0.1, 0.15) is 0 Å². The highest BCUT2D eigenvalue weighted by Crippen LogP contribution is 1.99. The predicted molar refractivity (Wildman–Crippen MR) is 50.9 cm³/mol. The summed E-state index contributed by atoms with van der Waals surface area (Å²) >= 11 is 0. The van der Waals surface area contributed by atoms with Gasteiger partial charge in [0.25, 0.3) is 0 Å². The zero-order valence-electron chi connectivity index (χ0n) is 8.67. The summed E-state index contributed by atoms with van der Waals surface area (Å²) < 4.78 is 8.87. The van der Waals surface area contributed by atoms with Gasteiger partial charge in [-0.15, -0.1) is 0 Å². The van der Waals surface area contributed by atoms with Gasteiger partial charge in [0.2, 0.25) is 0 Å². The number of nitrogens with one attached hydrogen (secondary N) is 1. The molecule has 0 fully saturated rings. The lowest BCUT2D eigenvalue weighted by atomic mass is 10.2. The molecule has 0 aliphatic rings. The van der Waals surface area contributed by atoms with Crippen molar-refractivity contribution in [3.05, 3.63) is 0 Å². The van der Waals surface area contributed by atoms with E-state index in [-0.39, 0.29) is 5.97 Å². The molecule has 0 aliphatic carbocycles. The molecule has 0 spiro atoms. The van der Waals surface area contributed by atoms with Gasteiger partial charge < -0.3 is 14.8 Å². The van der Waals surface area contributed by atoms with Crippen LogP contribution in [0, 0.1) is 0 Å². The Bertz CT molecular complexity index is 162. The van der Waals surface area contributed by atoms with Crippen molar-refractivity contribution in [2.75, 3.05) is 20.8 Å². The molecule has 14 heavy (non-hydrogen) atoms. The summed E-state index contributed by atoms with van der Waals surface area (Å²) in [5, 5.41) is 2.56. The number of methoxy groups -OCH3 is 2. The van der Waals surface area contributed by atoms with Gasteiger partial charge >= 0.3 is 12.1 Å². The first kappa shape index (κ1) is 12.7. The Morgan fingerprint density at radius 1 is 1.07 bits per heavy atom. The van der Waals surface area contributed by atoms with Gasteiger partial charge in [0.05, 0.1) is 14.2 Å². The van der Waals surface area contributed by atoms with Gasteiger partial charge in [-0.1, -0.05) is 6.42 Å². The van der Waals surface area contributed by atoms with Gasteiger partial charge in [-0.25, -0.2) is 4.79 Å². The molecule has 0 saturated carbocycles. The number of carbonyl (C=O) groups excluding carboxylic acids is 2. The number of hydrogen-bond acceptors (Lipinski definition) is 4. The van der Waals surface area contributed by atoms with E-state index in [1.54, 1.807) is 0 Å². The van der Waals surface area contributed by atoms with Crippen molar-refractivity contribution in [3.8, 4) is 0 Å². The summed E-state index contributed by atoms with van der Waals surface area (Å²) in [5.41, 5.74) is 0. The summed E-state index contributed by atoms with van der Waals surface area (Å²) in [4.78, 5) is 21.3. The fourth-order valence-electron chi connectivity index (χ4n) is 0.936. The van der Waals surface area contributed by atoms with Gasteiger partial charge in [0, 0.05) is 13.0 Å². The normalized spacial score (nSPS) is 9.29. The first-order valence-corrected chi connectivity index (χ1v) is 4.59. The molecule has 0 heterocycles. The summed E-state index contributed by atoms with van der Waals surface area (Å²) in [7, 11) is 2.70. The van der Waals surface area contributed by atoms with E-state index in [4.69, 9.17) is 0 Å². The number of ether oxygens (including phenoxy) is 2. The van der Waals surface area contributed by atoms with Crippen LogP contribution < -0.4 is 5.32 Å². The largest absolute Gasteiger partial charge is 0.469 e. The monoisotopic (exact) mass is 203 g/mol. The van der Waals surface area contributed by atoms with E-state index in [0.717, 1.165) is 19.3 Å². The van der Waals surface area contributed by atoms with Gasteiger partial charge in [-0.3, -0.25) is 4.79 Å². The number of rotatable bonds is 6. The highest BCUT2D eigenvalue weighted by Gasteiger charge is 2.00. The van der Waals surface area contributed by atoms with Crippen LogP contribution in [0.3, 0.4) is 0 Å². The van der Waals surface area contributed by atoms with Crippen molar-refractivity contribution in [1.29, 1.82) is 0 Å². The minimum absolute atomic E-state index is 0.189. The van der Waals surface area contributed by atoms with Crippen molar-refractivity contribution in [2.45, 2.75) is 25.7 Å². The molecule has 5 heteroatoms. The first-order valence-electron chi connectivity index (χ1n) is 4.59. The SMILES string of the molecule is COC(=O)CCCCCNC(=O)OC. The second-order valence-corrected chi connectivity index (χ2v) is 2.81. The molecule has 0 aliphatic heterocycles. The first-order chi connectivity index (χ1) is 6.70. The second kappa shape index (κ2) is 8.34. The molecule has 82 valence electrons. The number of unbranched alkanes of at least 4 members (excludes halogenated alkanes) is 2. The van der Waals surface area contributed by atoms with Crippen molar-refractivity contribution in [2.24, 2.45) is 0 Å². The summed E-state index contributed by atoms with van der Waals surface area (Å²) in [6.45, 7) is 0.577. The van der Waals surface area contributed by atoms with Crippen LogP contribution in [-0.2, 0) is 14.3 Å². The molecule has 0 rings (SSSR count). The Hall–Kier alpha value is -1.26. The lowest BCUT2D eigenvalue weighted by Crippen LogP contribution is -2.23. The average Bonchev–Trinajstić information content (AvgIpc) is 2.22. The number of carbonyl (C=O) groups is 2. The maximum atomic E-state index is 10.7. The topological polar surface area (TPSA) is 64.6 Å². The molecule has 0 aromatic heterocycles. The third-order valence-electron chi connectivity index (χ3n) is 1.74. The lowest BCUT2D eigenvalue weighted by Gasteiger charge is -2.02. The molecule has 0 bridgehead atoms. The fraction of sp³-hybridized carbons (Fsp3) is 0.778. The molecule has 0 aromatic carbocycles. The molecule has 0 saturated heterocycles. The Labute approximate surface area is 83.8 Å². The van der Waals surface area contributed by atoms with E-state index >= 15 is 0 Å². The third-order valence-corrected chi connectivity index (χ3v) is 1.74. The highest BCUT2D eigenvalue weighted by atomic mass is 16.5. The van der Waals surface area contributed by atoms with Crippen LogP contribution in [0.15, 0.2) is 0 Å². The smallest absolute Gasteiger partial charge is 0.406 e. The van der Waals surface area contributed by atoms with Crippen LogP contribution in [0.5, 0.6) is 0 Å². The van der Waals surface area contributed by atoms with E-state index in [0.29, 0.717) is 13.0 Å². The second-order valence-electron chi connectivity index (χ2n) is 2.81. The summed E-state index contributed by atoms with van der Waals surface area (Å²) in [5.74, 6) is -0.189. The molecular formula is C9H17NO4. The Balaban J connectivity index is 3.14. The lowest BCUT2D eigenvalue weighted by molar-refractivity contribution is -0.140. The Morgan fingerprint density at radius 2 is 1.79 bits per heavy atom. The Kier molecular flexibility index (Phi) is 7.59. The summed E-state index contributed by atoms with van der Waals surface area (Å²) in [6, 6.07) is 0. The molecule has 5 nitrogen and oxygen atoms in total. The highest BCUT2D eigenvalue weighted by molar-refractivity contribution is 5.69. The zero-order chi connectivity index (χ0) is 10.8. The zero-order valence-corrected chi connectivity index (χ0v) is 8.67. The minimum atomic E-state index is -0.419. The van der Waals surface area contributed by atoms with Gasteiger partial charge in [-0.05, 0) is 12.8 Å². The maximum Gasteiger partial charge on any atom is 0.406 e. The van der Waals surface area contributed by atoms with Crippen LogP contribution in [0.1, 0.15) is 25.7 Å². The quantitative estimate of drug-likeness (QED) is 0.518. The average molecular weight is 203 g/mol. The van der Waals surface area contributed by atoms with Crippen LogP contribution in [-0.4, -0.2) is 32.8 Å². The van der Waals surface area contributed by atoms with Crippen molar-refractivity contribution < 1.29 is 19.1 Å². The van der Waals surface area contributed by atoms with E-state index in [9.17, 15) is 9.59 Å². The molecule has 0 radical (unpaired) electrons. The van der Waals surface area contributed by atoms with E-state index < -0.39 is 6.09 Å². The van der Waals surface area contributed by atoms with E-state index in [1.165, 1.54) is 14.2 Å². The predicted octanol–water partition coefficient (Wildman–Crippen LogP) is 1.08. The maximum absolute atomic E-state index is 10.7. The molecular weight excluding hydrogens is 186 g/mol. The Morgan fingerprint density at radius 3 is 2.36 bits per heavy atom. The van der Waals surface area contributed by atoms with Crippen molar-refractivity contribution in [1.82, 2.24) is 5.32 Å². The van der Waals surface area contributed by atoms with Crippen LogP contribution in [0.4, 0.5) is 4.79 Å². The van der Waals surface area contributed by atoms with E-state index in [1.807, 2.05) is 0 Å². The van der Waals surface area contributed by atoms with Crippen molar-refractivity contribution in [3.63, 3.8) is 0 Å². The molecule has 1 N–H and O–H groups in total.